The molecule has 0 radical (unpaired) electrons. The second kappa shape index (κ2) is 7.10. The molecule has 0 unspecified atom stereocenters. The van der Waals surface area contributed by atoms with Crippen molar-refractivity contribution in [2.75, 3.05) is 5.32 Å². The number of benzene rings is 2. The van der Waals surface area contributed by atoms with Crippen LogP contribution in [0.15, 0.2) is 30.3 Å². The molecule has 0 fully saturated rings. The van der Waals surface area contributed by atoms with Crippen molar-refractivity contribution in [3.63, 3.8) is 0 Å². The maximum atomic E-state index is 13.5. The molecular formula is C15H10Cl2F3NO2. The second-order valence-electron chi connectivity index (χ2n) is 4.58. The third-order valence-corrected chi connectivity index (χ3v) is 3.25. The largest absolute Gasteiger partial charge is 0.481 e. The standard InChI is InChI=1S/C15H10Cl2F3NO2/c1-7(23-10-5-8(16)4-9(17)6-10)15(22)21-12-3-2-11(18)13(19)14(12)20/h2-7H,1H3,(H,21,22)/t7-/m0/s1. The summed E-state index contributed by atoms with van der Waals surface area (Å²) in [6, 6.07) is 5.98. The van der Waals surface area contributed by atoms with Gasteiger partial charge in [0.25, 0.3) is 5.91 Å². The highest BCUT2D eigenvalue weighted by Gasteiger charge is 2.20. The molecule has 0 aliphatic carbocycles. The van der Waals surface area contributed by atoms with Gasteiger partial charge in [0.2, 0.25) is 0 Å². The van der Waals surface area contributed by atoms with Gasteiger partial charge in [0.1, 0.15) is 5.75 Å². The van der Waals surface area contributed by atoms with Gasteiger partial charge < -0.3 is 10.1 Å². The van der Waals surface area contributed by atoms with E-state index >= 15 is 0 Å². The van der Waals surface area contributed by atoms with Crippen molar-refractivity contribution < 1.29 is 22.7 Å². The monoisotopic (exact) mass is 363 g/mol. The van der Waals surface area contributed by atoms with Crippen LogP contribution in [0, 0.1) is 17.5 Å². The van der Waals surface area contributed by atoms with Crippen molar-refractivity contribution >= 4 is 34.8 Å². The highest BCUT2D eigenvalue weighted by molar-refractivity contribution is 6.34. The van der Waals surface area contributed by atoms with E-state index in [1.807, 2.05) is 0 Å². The molecule has 0 aliphatic rings. The van der Waals surface area contributed by atoms with Gasteiger partial charge in [0.15, 0.2) is 23.6 Å². The van der Waals surface area contributed by atoms with Crippen LogP contribution in [-0.4, -0.2) is 12.0 Å². The van der Waals surface area contributed by atoms with E-state index in [9.17, 15) is 18.0 Å². The number of ether oxygens (including phenoxy) is 1. The molecule has 23 heavy (non-hydrogen) atoms. The van der Waals surface area contributed by atoms with Gasteiger partial charge in [0.05, 0.1) is 5.69 Å². The van der Waals surface area contributed by atoms with Crippen molar-refractivity contribution in [1.29, 1.82) is 0 Å². The molecule has 1 N–H and O–H groups in total. The highest BCUT2D eigenvalue weighted by Crippen LogP contribution is 2.25. The van der Waals surface area contributed by atoms with E-state index in [2.05, 4.69) is 5.32 Å². The lowest BCUT2D eigenvalue weighted by Gasteiger charge is -2.15. The summed E-state index contributed by atoms with van der Waals surface area (Å²) in [5.41, 5.74) is -0.492. The number of nitrogens with one attached hydrogen (secondary N) is 1. The molecule has 0 saturated heterocycles. The van der Waals surface area contributed by atoms with Crippen molar-refractivity contribution in [3.05, 3.63) is 57.8 Å². The SMILES string of the molecule is C[C@H](Oc1cc(Cl)cc(Cl)c1)C(=O)Nc1ccc(F)c(F)c1F. The Morgan fingerprint density at radius 1 is 1.09 bits per heavy atom. The molecule has 2 aromatic carbocycles. The lowest BCUT2D eigenvalue weighted by molar-refractivity contribution is -0.122. The highest BCUT2D eigenvalue weighted by atomic mass is 35.5. The van der Waals surface area contributed by atoms with E-state index in [1.165, 1.54) is 25.1 Å². The first-order chi connectivity index (χ1) is 10.8. The molecule has 3 nitrogen and oxygen atoms in total. The van der Waals surface area contributed by atoms with Crippen molar-refractivity contribution in [3.8, 4) is 5.75 Å². The summed E-state index contributed by atoms with van der Waals surface area (Å²) < 4.78 is 44.8. The lowest BCUT2D eigenvalue weighted by Crippen LogP contribution is -2.30. The number of hydrogen-bond acceptors (Lipinski definition) is 2. The minimum absolute atomic E-state index is 0.232. The fourth-order valence-electron chi connectivity index (χ4n) is 1.71. The third-order valence-electron chi connectivity index (χ3n) is 2.81. The van der Waals surface area contributed by atoms with Gasteiger partial charge in [-0.3, -0.25) is 4.79 Å². The Kier molecular flexibility index (Phi) is 5.38. The summed E-state index contributed by atoms with van der Waals surface area (Å²) >= 11 is 11.6. The fourth-order valence-corrected chi connectivity index (χ4v) is 2.22. The van der Waals surface area contributed by atoms with Crippen LogP contribution in [0.5, 0.6) is 5.75 Å². The molecular weight excluding hydrogens is 354 g/mol. The quantitative estimate of drug-likeness (QED) is 0.791. The van der Waals surface area contributed by atoms with E-state index in [0.717, 1.165) is 6.07 Å². The number of rotatable bonds is 4. The summed E-state index contributed by atoms with van der Waals surface area (Å²) in [6.07, 6.45) is -1.06. The molecule has 0 aliphatic heterocycles. The minimum Gasteiger partial charge on any atom is -0.481 e. The molecule has 1 atom stereocenters. The van der Waals surface area contributed by atoms with Crippen molar-refractivity contribution in [1.82, 2.24) is 0 Å². The van der Waals surface area contributed by atoms with Crippen molar-refractivity contribution in [2.24, 2.45) is 0 Å². The first kappa shape index (κ1) is 17.4. The summed E-state index contributed by atoms with van der Waals surface area (Å²) in [5, 5.41) is 2.74. The van der Waals surface area contributed by atoms with Gasteiger partial charge in [-0.15, -0.1) is 0 Å². The first-order valence-corrected chi connectivity index (χ1v) is 7.10. The zero-order valence-corrected chi connectivity index (χ0v) is 13.2. The Morgan fingerprint density at radius 2 is 1.70 bits per heavy atom. The lowest BCUT2D eigenvalue weighted by atomic mass is 10.2. The molecule has 8 heteroatoms. The van der Waals surface area contributed by atoms with E-state index in [0.29, 0.717) is 16.1 Å². The number of anilines is 1. The third kappa shape index (κ3) is 4.30. The van der Waals surface area contributed by atoms with E-state index in [1.54, 1.807) is 0 Å². The number of halogens is 5. The topological polar surface area (TPSA) is 38.3 Å². The van der Waals surface area contributed by atoms with E-state index < -0.39 is 35.2 Å². The molecule has 122 valence electrons. The van der Waals surface area contributed by atoms with Crippen LogP contribution in [0.25, 0.3) is 0 Å². The van der Waals surface area contributed by atoms with Gasteiger partial charge in [0, 0.05) is 10.0 Å². The summed E-state index contributed by atoms with van der Waals surface area (Å²) in [7, 11) is 0. The van der Waals surface area contributed by atoms with E-state index in [-0.39, 0.29) is 5.75 Å². The maximum Gasteiger partial charge on any atom is 0.265 e. The Morgan fingerprint density at radius 3 is 2.30 bits per heavy atom. The van der Waals surface area contributed by atoms with Gasteiger partial charge >= 0.3 is 0 Å². The molecule has 0 saturated carbocycles. The molecule has 0 aromatic heterocycles. The van der Waals surface area contributed by atoms with E-state index in [4.69, 9.17) is 27.9 Å². The Bertz CT molecular complexity index is 735. The molecule has 2 rings (SSSR count). The normalized spacial score (nSPS) is 11.9. The number of carbonyl (C=O) groups excluding carboxylic acids is 1. The van der Waals surface area contributed by atoms with Gasteiger partial charge in [-0.2, -0.15) is 0 Å². The maximum absolute atomic E-state index is 13.5. The predicted molar refractivity (Wildman–Crippen MR) is 81.5 cm³/mol. The first-order valence-electron chi connectivity index (χ1n) is 6.35. The Hall–Kier alpha value is -1.92. The van der Waals surface area contributed by atoms with Crippen molar-refractivity contribution in [2.45, 2.75) is 13.0 Å². The number of carbonyl (C=O) groups is 1. The Labute approximate surface area is 140 Å². The Balaban J connectivity index is 2.10. The zero-order chi connectivity index (χ0) is 17.1. The molecule has 0 spiro atoms. The molecule has 0 heterocycles. The smallest absolute Gasteiger partial charge is 0.265 e. The summed E-state index contributed by atoms with van der Waals surface area (Å²) in [4.78, 5) is 12.0. The van der Waals surface area contributed by atoms with Crippen LogP contribution >= 0.6 is 23.2 Å². The zero-order valence-electron chi connectivity index (χ0n) is 11.7. The van der Waals surface area contributed by atoms with Crippen LogP contribution in [0.3, 0.4) is 0 Å². The molecule has 0 bridgehead atoms. The number of amides is 1. The second-order valence-corrected chi connectivity index (χ2v) is 5.45. The van der Waals surface area contributed by atoms with Crippen LogP contribution in [0.1, 0.15) is 6.92 Å². The predicted octanol–water partition coefficient (Wildman–Crippen LogP) is 4.82. The van der Waals surface area contributed by atoms with Crippen LogP contribution in [0.2, 0.25) is 10.0 Å². The van der Waals surface area contributed by atoms with Gasteiger partial charge in [-0.05, 0) is 37.3 Å². The number of hydrogen-bond donors (Lipinski definition) is 1. The van der Waals surface area contributed by atoms with Crippen LogP contribution in [0.4, 0.5) is 18.9 Å². The minimum atomic E-state index is -1.67. The van der Waals surface area contributed by atoms with Gasteiger partial charge in [-0.25, -0.2) is 13.2 Å². The summed E-state index contributed by atoms with van der Waals surface area (Å²) in [6.45, 7) is 1.39. The van der Waals surface area contributed by atoms with Crippen LogP contribution < -0.4 is 10.1 Å². The molecule has 2 aromatic rings. The fraction of sp³-hybridized carbons (Fsp3) is 0.133. The summed E-state index contributed by atoms with van der Waals surface area (Å²) in [5.74, 6) is -5.03. The van der Waals surface area contributed by atoms with Crippen LogP contribution in [-0.2, 0) is 4.79 Å². The molecule has 1 amide bonds. The van der Waals surface area contributed by atoms with Gasteiger partial charge in [-0.1, -0.05) is 23.2 Å². The average Bonchev–Trinajstić information content (AvgIpc) is 2.46. The average molecular weight is 364 g/mol.